The molecule has 1 unspecified atom stereocenters. The number of hydrogen-bond donors (Lipinski definition) is 2. The van der Waals surface area contributed by atoms with Crippen LogP contribution in [0.1, 0.15) is 23.6 Å². The second-order valence-electron chi connectivity index (χ2n) is 6.19. The molecule has 1 aromatic heterocycles. The van der Waals surface area contributed by atoms with E-state index >= 15 is 0 Å². The van der Waals surface area contributed by atoms with Gasteiger partial charge >= 0.3 is 0 Å². The van der Waals surface area contributed by atoms with Crippen molar-refractivity contribution in [2.45, 2.75) is 18.9 Å². The van der Waals surface area contributed by atoms with Gasteiger partial charge in [0.1, 0.15) is 11.4 Å². The van der Waals surface area contributed by atoms with Gasteiger partial charge in [0.15, 0.2) is 0 Å². The molecule has 126 valence electrons. The van der Waals surface area contributed by atoms with Crippen molar-refractivity contribution in [3.63, 3.8) is 0 Å². The third kappa shape index (κ3) is 3.65. The van der Waals surface area contributed by atoms with Gasteiger partial charge in [0, 0.05) is 31.3 Å². The van der Waals surface area contributed by atoms with Gasteiger partial charge in [0.25, 0.3) is 0 Å². The summed E-state index contributed by atoms with van der Waals surface area (Å²) >= 11 is 0. The van der Waals surface area contributed by atoms with E-state index in [1.165, 1.54) is 6.08 Å². The first-order valence-corrected chi connectivity index (χ1v) is 7.87. The van der Waals surface area contributed by atoms with Crippen molar-refractivity contribution >= 4 is 12.0 Å². The van der Waals surface area contributed by atoms with Gasteiger partial charge in [-0.25, -0.2) is 0 Å². The van der Waals surface area contributed by atoms with Crippen LogP contribution in [0.3, 0.4) is 0 Å². The highest BCUT2D eigenvalue weighted by atomic mass is 16.5. The number of carbonyl (C=O) groups excluding carboxylic acids is 1. The molecule has 1 atom stereocenters. The molecular weight excluding hydrogens is 306 g/mol. The van der Waals surface area contributed by atoms with E-state index in [2.05, 4.69) is 10.4 Å². The molecule has 0 spiro atoms. The van der Waals surface area contributed by atoms with Gasteiger partial charge in [0.2, 0.25) is 5.91 Å². The van der Waals surface area contributed by atoms with Gasteiger partial charge in [0.05, 0.1) is 19.3 Å². The predicted octanol–water partition coefficient (Wildman–Crippen LogP) is 1.39. The zero-order chi connectivity index (χ0) is 17.2. The van der Waals surface area contributed by atoms with Crippen LogP contribution in [0.15, 0.2) is 36.7 Å². The molecule has 2 heterocycles. The minimum absolute atomic E-state index is 0.111. The van der Waals surface area contributed by atoms with Gasteiger partial charge in [-0.05, 0) is 36.3 Å². The molecule has 2 N–H and O–H groups in total. The lowest BCUT2D eigenvalue weighted by Gasteiger charge is -2.21. The van der Waals surface area contributed by atoms with Crippen molar-refractivity contribution in [3.05, 3.63) is 53.4 Å². The lowest BCUT2D eigenvalue weighted by Crippen LogP contribution is -2.37. The maximum Gasteiger partial charge on any atom is 0.244 e. The van der Waals surface area contributed by atoms with Gasteiger partial charge in [-0.2, -0.15) is 5.10 Å². The summed E-state index contributed by atoms with van der Waals surface area (Å²) < 4.78 is 7.08. The molecule has 0 saturated heterocycles. The largest absolute Gasteiger partial charge is 0.493 e. The van der Waals surface area contributed by atoms with E-state index in [0.29, 0.717) is 12.2 Å². The monoisotopic (exact) mass is 327 g/mol. The molecule has 0 saturated carbocycles. The fraction of sp³-hybridized carbons (Fsp3) is 0.333. The second kappa shape index (κ2) is 6.49. The summed E-state index contributed by atoms with van der Waals surface area (Å²) in [7, 11) is 1.78. The second-order valence-corrected chi connectivity index (χ2v) is 6.19. The molecule has 1 aliphatic heterocycles. The smallest absolute Gasteiger partial charge is 0.244 e. The van der Waals surface area contributed by atoms with Crippen molar-refractivity contribution in [2.75, 3.05) is 13.2 Å². The molecule has 0 radical (unpaired) electrons. The Morgan fingerprint density at radius 1 is 1.54 bits per heavy atom. The van der Waals surface area contributed by atoms with Gasteiger partial charge in [-0.3, -0.25) is 9.48 Å². The number of aliphatic hydroxyl groups is 1. The Balaban J connectivity index is 1.57. The minimum atomic E-state index is -1.16. The molecule has 6 nitrogen and oxygen atoms in total. The Labute approximate surface area is 140 Å². The standard InChI is InChI=1S/C18H21N3O3/c1-18(23,15-10-20-21(2)11-15)12-19-17(22)6-4-13-3-5-16-14(9-13)7-8-24-16/h3-6,9-11,23H,7-8,12H2,1-2H3,(H,19,22). The lowest BCUT2D eigenvalue weighted by molar-refractivity contribution is -0.117. The average Bonchev–Trinajstić information content (AvgIpc) is 3.19. The highest BCUT2D eigenvalue weighted by Gasteiger charge is 2.25. The Kier molecular flexibility index (Phi) is 4.40. The fourth-order valence-electron chi connectivity index (χ4n) is 2.60. The van der Waals surface area contributed by atoms with E-state index in [1.807, 2.05) is 18.2 Å². The molecule has 1 aliphatic rings. The summed E-state index contributed by atoms with van der Waals surface area (Å²) in [4.78, 5) is 12.0. The maximum atomic E-state index is 12.0. The van der Waals surface area contributed by atoms with Crippen LogP contribution < -0.4 is 10.1 Å². The number of rotatable bonds is 5. The summed E-state index contributed by atoms with van der Waals surface area (Å²) in [6, 6.07) is 5.87. The van der Waals surface area contributed by atoms with Crippen LogP contribution >= 0.6 is 0 Å². The van der Waals surface area contributed by atoms with E-state index < -0.39 is 5.60 Å². The first-order valence-electron chi connectivity index (χ1n) is 7.87. The molecule has 3 rings (SSSR count). The van der Waals surface area contributed by atoms with Crippen molar-refractivity contribution in [1.29, 1.82) is 0 Å². The first-order chi connectivity index (χ1) is 11.4. The third-order valence-corrected chi connectivity index (χ3v) is 4.07. The Morgan fingerprint density at radius 2 is 2.38 bits per heavy atom. The predicted molar refractivity (Wildman–Crippen MR) is 90.5 cm³/mol. The summed E-state index contributed by atoms with van der Waals surface area (Å²) in [5, 5.41) is 17.2. The summed E-state index contributed by atoms with van der Waals surface area (Å²) in [5.41, 5.74) is 1.61. The maximum absolute atomic E-state index is 12.0. The van der Waals surface area contributed by atoms with E-state index in [0.717, 1.165) is 23.3 Å². The number of fused-ring (bicyclic) bond motifs is 1. The van der Waals surface area contributed by atoms with E-state index in [1.54, 1.807) is 37.1 Å². The third-order valence-electron chi connectivity index (χ3n) is 4.07. The Hall–Kier alpha value is -2.60. The summed E-state index contributed by atoms with van der Waals surface area (Å²) in [5.74, 6) is 0.667. The molecule has 0 bridgehead atoms. The van der Waals surface area contributed by atoms with Gasteiger partial charge < -0.3 is 15.2 Å². The number of carbonyl (C=O) groups is 1. The van der Waals surface area contributed by atoms with Crippen molar-refractivity contribution in [1.82, 2.24) is 15.1 Å². The van der Waals surface area contributed by atoms with Crippen LogP contribution in [0.5, 0.6) is 5.75 Å². The number of hydrogen-bond acceptors (Lipinski definition) is 4. The van der Waals surface area contributed by atoms with Crippen LogP contribution in [-0.2, 0) is 23.9 Å². The Bertz CT molecular complexity index is 778. The van der Waals surface area contributed by atoms with E-state index in [9.17, 15) is 9.90 Å². The van der Waals surface area contributed by atoms with Gasteiger partial charge in [-0.15, -0.1) is 0 Å². The number of nitrogens with one attached hydrogen (secondary N) is 1. The SMILES string of the molecule is Cn1cc(C(C)(O)CNC(=O)C=Cc2ccc3c(c2)CCO3)cn1. The summed E-state index contributed by atoms with van der Waals surface area (Å²) in [6.45, 7) is 2.47. The molecule has 6 heteroatoms. The average molecular weight is 327 g/mol. The normalized spacial score (nSPS) is 15.8. The van der Waals surface area contributed by atoms with E-state index in [-0.39, 0.29) is 12.5 Å². The van der Waals surface area contributed by atoms with Crippen molar-refractivity contribution < 1.29 is 14.6 Å². The zero-order valence-corrected chi connectivity index (χ0v) is 13.8. The number of benzene rings is 1. The molecule has 1 aromatic carbocycles. The van der Waals surface area contributed by atoms with Crippen molar-refractivity contribution in [3.8, 4) is 5.75 Å². The number of nitrogens with zero attached hydrogens (tertiary/aromatic N) is 2. The van der Waals surface area contributed by atoms with E-state index in [4.69, 9.17) is 4.74 Å². The lowest BCUT2D eigenvalue weighted by atomic mass is 10.00. The number of aromatic nitrogens is 2. The van der Waals surface area contributed by atoms with Crippen LogP contribution in [0, 0.1) is 0 Å². The quantitative estimate of drug-likeness (QED) is 0.814. The highest BCUT2D eigenvalue weighted by Crippen LogP contribution is 2.26. The number of amides is 1. The highest BCUT2D eigenvalue weighted by molar-refractivity contribution is 5.91. The molecule has 24 heavy (non-hydrogen) atoms. The minimum Gasteiger partial charge on any atom is -0.493 e. The summed E-state index contributed by atoms with van der Waals surface area (Å²) in [6.07, 6.45) is 7.45. The first kappa shape index (κ1) is 16.3. The molecule has 0 aliphatic carbocycles. The number of aryl methyl sites for hydroxylation is 1. The topological polar surface area (TPSA) is 76.4 Å². The zero-order valence-electron chi connectivity index (χ0n) is 13.8. The van der Waals surface area contributed by atoms with Crippen LogP contribution in [0.4, 0.5) is 0 Å². The number of ether oxygens (including phenoxy) is 1. The van der Waals surface area contributed by atoms with Crippen LogP contribution in [-0.4, -0.2) is 33.9 Å². The molecule has 0 fully saturated rings. The van der Waals surface area contributed by atoms with Crippen LogP contribution in [0.2, 0.25) is 0 Å². The molecule has 2 aromatic rings. The fourth-order valence-corrected chi connectivity index (χ4v) is 2.60. The van der Waals surface area contributed by atoms with Crippen LogP contribution in [0.25, 0.3) is 6.08 Å². The van der Waals surface area contributed by atoms with Gasteiger partial charge in [-0.1, -0.05) is 6.07 Å². The molecule has 1 amide bonds. The van der Waals surface area contributed by atoms with Crippen molar-refractivity contribution in [2.24, 2.45) is 7.05 Å². The Morgan fingerprint density at radius 3 is 3.12 bits per heavy atom. The molecular formula is C18H21N3O3.